The number of carbonyl (C=O) groups excluding carboxylic acids is 2. The minimum atomic E-state index is -0.305. The van der Waals surface area contributed by atoms with E-state index >= 15 is 0 Å². The summed E-state index contributed by atoms with van der Waals surface area (Å²) in [5.41, 5.74) is 5.03. The summed E-state index contributed by atoms with van der Waals surface area (Å²) in [6.07, 6.45) is -0.181. The molecule has 4 heteroatoms. The maximum atomic E-state index is 12.0. The van der Waals surface area contributed by atoms with Crippen LogP contribution in [0.3, 0.4) is 0 Å². The third-order valence-electron chi connectivity index (χ3n) is 3.77. The molecule has 0 aliphatic rings. The lowest BCUT2D eigenvalue weighted by Gasteiger charge is -2.10. The van der Waals surface area contributed by atoms with E-state index in [9.17, 15) is 9.59 Å². The first-order valence-electron chi connectivity index (χ1n) is 7.64. The van der Waals surface area contributed by atoms with Crippen LogP contribution in [0.5, 0.6) is 0 Å². The van der Waals surface area contributed by atoms with Gasteiger partial charge in [-0.1, -0.05) is 42.0 Å². The average molecular weight is 310 g/mol. The second-order valence-electron chi connectivity index (χ2n) is 5.74. The number of rotatable bonds is 5. The van der Waals surface area contributed by atoms with Crippen molar-refractivity contribution in [3.63, 3.8) is 0 Å². The predicted octanol–water partition coefficient (Wildman–Crippen LogP) is 3.26. The average Bonchev–Trinajstić information content (AvgIpc) is 2.50. The summed E-state index contributed by atoms with van der Waals surface area (Å²) in [4.78, 5) is 23.9. The lowest BCUT2D eigenvalue weighted by atomic mass is 10.1. The largest absolute Gasteiger partial charge is 0.352 e. The van der Waals surface area contributed by atoms with Crippen LogP contribution in [-0.2, 0) is 16.1 Å². The van der Waals surface area contributed by atoms with Crippen molar-refractivity contribution in [1.29, 1.82) is 0 Å². The van der Waals surface area contributed by atoms with Gasteiger partial charge in [-0.2, -0.15) is 0 Å². The first-order chi connectivity index (χ1) is 11.0. The van der Waals surface area contributed by atoms with Gasteiger partial charge in [0.15, 0.2) is 0 Å². The summed E-state index contributed by atoms with van der Waals surface area (Å²) in [5.74, 6) is -0.588. The van der Waals surface area contributed by atoms with Crippen LogP contribution in [0.2, 0.25) is 0 Å². The molecule has 2 aromatic rings. The minimum Gasteiger partial charge on any atom is -0.352 e. The standard InChI is InChI=1S/C19H22N2O2/c1-13-6-4-8-16(10-13)12-20-18(22)11-19(23)21-17-9-5-7-14(2)15(17)3/h4-10H,11-12H2,1-3H3,(H,20,22)(H,21,23). The fourth-order valence-electron chi connectivity index (χ4n) is 2.31. The van der Waals surface area contributed by atoms with Crippen LogP contribution >= 0.6 is 0 Å². The number of nitrogens with one attached hydrogen (secondary N) is 2. The van der Waals surface area contributed by atoms with Gasteiger partial charge in [-0.05, 0) is 43.5 Å². The van der Waals surface area contributed by atoms with Crippen LogP contribution in [0.25, 0.3) is 0 Å². The molecule has 0 fully saturated rings. The number of aryl methyl sites for hydroxylation is 2. The van der Waals surface area contributed by atoms with Gasteiger partial charge in [-0.25, -0.2) is 0 Å². The van der Waals surface area contributed by atoms with Crippen molar-refractivity contribution in [1.82, 2.24) is 5.32 Å². The lowest BCUT2D eigenvalue weighted by molar-refractivity contribution is -0.126. The van der Waals surface area contributed by atoms with Crippen LogP contribution in [0.1, 0.15) is 28.7 Å². The Kier molecular flexibility index (Phi) is 5.52. The van der Waals surface area contributed by atoms with E-state index in [0.29, 0.717) is 6.54 Å². The Labute approximate surface area is 136 Å². The van der Waals surface area contributed by atoms with Crippen LogP contribution in [0.15, 0.2) is 42.5 Å². The van der Waals surface area contributed by atoms with Crippen LogP contribution in [0.4, 0.5) is 5.69 Å². The Morgan fingerprint density at radius 3 is 2.43 bits per heavy atom. The number of amides is 2. The highest BCUT2D eigenvalue weighted by atomic mass is 16.2. The number of carbonyl (C=O) groups is 2. The molecular formula is C19H22N2O2. The summed E-state index contributed by atoms with van der Waals surface area (Å²) >= 11 is 0. The van der Waals surface area contributed by atoms with E-state index < -0.39 is 0 Å². The Balaban J connectivity index is 1.85. The molecule has 0 atom stereocenters. The van der Waals surface area contributed by atoms with E-state index in [1.54, 1.807) is 0 Å². The molecule has 0 aliphatic carbocycles. The van der Waals surface area contributed by atoms with Gasteiger partial charge in [-0.15, -0.1) is 0 Å². The van der Waals surface area contributed by atoms with Gasteiger partial charge in [0.25, 0.3) is 0 Å². The van der Waals surface area contributed by atoms with Gasteiger partial charge in [-0.3, -0.25) is 9.59 Å². The van der Waals surface area contributed by atoms with Crippen LogP contribution in [-0.4, -0.2) is 11.8 Å². The summed E-state index contributed by atoms with van der Waals surface area (Å²) in [5, 5.41) is 5.56. The van der Waals surface area contributed by atoms with Gasteiger partial charge in [0, 0.05) is 12.2 Å². The van der Waals surface area contributed by atoms with E-state index in [1.807, 2.05) is 63.2 Å². The molecule has 4 nitrogen and oxygen atoms in total. The fourth-order valence-corrected chi connectivity index (χ4v) is 2.31. The molecule has 0 saturated carbocycles. The van der Waals surface area contributed by atoms with E-state index in [0.717, 1.165) is 27.9 Å². The van der Waals surface area contributed by atoms with E-state index in [2.05, 4.69) is 10.6 Å². The predicted molar refractivity (Wildman–Crippen MR) is 92.2 cm³/mol. The van der Waals surface area contributed by atoms with Crippen molar-refractivity contribution in [2.24, 2.45) is 0 Å². The molecule has 0 unspecified atom stereocenters. The first-order valence-corrected chi connectivity index (χ1v) is 7.64. The molecule has 0 bridgehead atoms. The van der Waals surface area contributed by atoms with Crippen molar-refractivity contribution in [2.75, 3.05) is 5.32 Å². The molecule has 0 aromatic heterocycles. The monoisotopic (exact) mass is 310 g/mol. The second kappa shape index (κ2) is 7.58. The lowest BCUT2D eigenvalue weighted by Crippen LogP contribution is -2.27. The van der Waals surface area contributed by atoms with E-state index in [-0.39, 0.29) is 18.2 Å². The maximum absolute atomic E-state index is 12.0. The van der Waals surface area contributed by atoms with Crippen molar-refractivity contribution in [2.45, 2.75) is 33.7 Å². The molecule has 2 amide bonds. The molecular weight excluding hydrogens is 288 g/mol. The van der Waals surface area contributed by atoms with Gasteiger partial charge >= 0.3 is 0 Å². The minimum absolute atomic E-state index is 0.181. The summed E-state index contributed by atoms with van der Waals surface area (Å²) in [6, 6.07) is 13.6. The van der Waals surface area contributed by atoms with Gasteiger partial charge in [0.05, 0.1) is 0 Å². The fraction of sp³-hybridized carbons (Fsp3) is 0.263. The third kappa shape index (κ3) is 4.95. The Hall–Kier alpha value is -2.62. The summed E-state index contributed by atoms with van der Waals surface area (Å²) < 4.78 is 0. The maximum Gasteiger partial charge on any atom is 0.233 e. The quantitative estimate of drug-likeness (QED) is 0.833. The summed E-state index contributed by atoms with van der Waals surface area (Å²) in [6.45, 7) is 6.36. The molecule has 120 valence electrons. The molecule has 2 rings (SSSR count). The Morgan fingerprint density at radius 2 is 1.70 bits per heavy atom. The molecule has 0 aliphatic heterocycles. The highest BCUT2D eigenvalue weighted by Gasteiger charge is 2.11. The number of hydrogen-bond donors (Lipinski definition) is 2. The summed E-state index contributed by atoms with van der Waals surface area (Å²) in [7, 11) is 0. The zero-order chi connectivity index (χ0) is 16.8. The molecule has 0 radical (unpaired) electrons. The highest BCUT2D eigenvalue weighted by molar-refractivity contribution is 6.03. The molecule has 0 saturated heterocycles. The van der Waals surface area contributed by atoms with Crippen molar-refractivity contribution in [3.8, 4) is 0 Å². The molecule has 23 heavy (non-hydrogen) atoms. The van der Waals surface area contributed by atoms with Crippen molar-refractivity contribution >= 4 is 17.5 Å². The highest BCUT2D eigenvalue weighted by Crippen LogP contribution is 2.18. The third-order valence-corrected chi connectivity index (χ3v) is 3.77. The molecule has 0 spiro atoms. The van der Waals surface area contributed by atoms with Crippen molar-refractivity contribution in [3.05, 3.63) is 64.7 Å². The number of hydrogen-bond acceptors (Lipinski definition) is 2. The Morgan fingerprint density at radius 1 is 0.957 bits per heavy atom. The van der Waals surface area contributed by atoms with Gasteiger partial charge in [0.1, 0.15) is 6.42 Å². The normalized spacial score (nSPS) is 10.2. The molecule has 2 aromatic carbocycles. The second-order valence-corrected chi connectivity index (χ2v) is 5.74. The topological polar surface area (TPSA) is 58.2 Å². The van der Waals surface area contributed by atoms with Crippen LogP contribution < -0.4 is 10.6 Å². The smallest absolute Gasteiger partial charge is 0.233 e. The Bertz CT molecular complexity index is 723. The zero-order valence-electron chi connectivity index (χ0n) is 13.8. The van der Waals surface area contributed by atoms with Gasteiger partial charge in [0.2, 0.25) is 11.8 Å². The number of anilines is 1. The number of benzene rings is 2. The van der Waals surface area contributed by atoms with E-state index in [4.69, 9.17) is 0 Å². The van der Waals surface area contributed by atoms with Crippen molar-refractivity contribution < 1.29 is 9.59 Å². The molecule has 2 N–H and O–H groups in total. The van der Waals surface area contributed by atoms with E-state index in [1.165, 1.54) is 0 Å². The first kappa shape index (κ1) is 16.7. The van der Waals surface area contributed by atoms with Gasteiger partial charge < -0.3 is 10.6 Å². The SMILES string of the molecule is Cc1cccc(CNC(=O)CC(=O)Nc2cccc(C)c2C)c1. The van der Waals surface area contributed by atoms with Crippen LogP contribution in [0, 0.1) is 20.8 Å². The zero-order valence-corrected chi connectivity index (χ0v) is 13.8. The molecule has 0 heterocycles.